The lowest BCUT2D eigenvalue weighted by Gasteiger charge is -2.27. The predicted octanol–water partition coefficient (Wildman–Crippen LogP) is 1.19. The van der Waals surface area contributed by atoms with E-state index < -0.39 is 0 Å². The number of amides is 1. The number of rotatable bonds is 3. The van der Waals surface area contributed by atoms with E-state index in [0.29, 0.717) is 11.3 Å². The molecule has 0 saturated heterocycles. The molecule has 0 atom stereocenters. The summed E-state index contributed by atoms with van der Waals surface area (Å²) in [5.41, 5.74) is 1.06. The van der Waals surface area contributed by atoms with Crippen LogP contribution in [0.3, 0.4) is 0 Å². The second kappa shape index (κ2) is 6.13. The molecular formula is C15H18N4O3. The molecule has 2 aromatic rings. The van der Waals surface area contributed by atoms with Crippen molar-refractivity contribution in [2.24, 2.45) is 5.92 Å². The SMILES string of the molecule is COC(=O)C1CCC(NC(=O)c2cnc3cccnn23)CC1. The maximum atomic E-state index is 12.4. The summed E-state index contributed by atoms with van der Waals surface area (Å²) in [4.78, 5) is 28.0. The van der Waals surface area contributed by atoms with Gasteiger partial charge in [0.25, 0.3) is 5.91 Å². The Hall–Kier alpha value is -2.44. The molecule has 0 radical (unpaired) electrons. The number of ether oxygens (including phenoxy) is 1. The minimum absolute atomic E-state index is 0.0457. The molecular weight excluding hydrogens is 284 g/mol. The van der Waals surface area contributed by atoms with Gasteiger partial charge in [0.15, 0.2) is 5.65 Å². The van der Waals surface area contributed by atoms with Crippen molar-refractivity contribution in [2.45, 2.75) is 31.7 Å². The Morgan fingerprint density at radius 3 is 2.82 bits per heavy atom. The van der Waals surface area contributed by atoms with E-state index in [-0.39, 0.29) is 23.8 Å². The fourth-order valence-electron chi connectivity index (χ4n) is 2.88. The van der Waals surface area contributed by atoms with Crippen LogP contribution in [0.5, 0.6) is 0 Å². The normalized spacial score (nSPS) is 21.5. The van der Waals surface area contributed by atoms with Crippen LogP contribution in [-0.4, -0.2) is 39.6 Å². The van der Waals surface area contributed by atoms with Crippen LogP contribution in [0.15, 0.2) is 24.5 Å². The van der Waals surface area contributed by atoms with Crippen molar-refractivity contribution in [3.05, 3.63) is 30.2 Å². The van der Waals surface area contributed by atoms with Gasteiger partial charge >= 0.3 is 5.97 Å². The maximum absolute atomic E-state index is 12.4. The van der Waals surface area contributed by atoms with Crippen LogP contribution in [-0.2, 0) is 9.53 Å². The van der Waals surface area contributed by atoms with Crippen molar-refractivity contribution in [1.29, 1.82) is 0 Å². The maximum Gasteiger partial charge on any atom is 0.308 e. The third-order valence-corrected chi connectivity index (χ3v) is 4.11. The molecule has 1 aliphatic rings. The number of nitrogens with zero attached hydrogens (tertiary/aromatic N) is 3. The number of methoxy groups -OCH3 is 1. The van der Waals surface area contributed by atoms with Crippen LogP contribution in [0.25, 0.3) is 5.65 Å². The molecule has 1 N–H and O–H groups in total. The Balaban J connectivity index is 1.62. The van der Waals surface area contributed by atoms with Gasteiger partial charge in [-0.15, -0.1) is 0 Å². The molecule has 2 heterocycles. The number of carbonyl (C=O) groups is 2. The van der Waals surface area contributed by atoms with Gasteiger partial charge in [-0.1, -0.05) is 0 Å². The van der Waals surface area contributed by atoms with E-state index in [4.69, 9.17) is 4.74 Å². The van der Waals surface area contributed by atoms with Crippen LogP contribution in [0.4, 0.5) is 0 Å². The van der Waals surface area contributed by atoms with Crippen molar-refractivity contribution < 1.29 is 14.3 Å². The number of nitrogens with one attached hydrogen (secondary N) is 1. The van der Waals surface area contributed by atoms with Crippen LogP contribution < -0.4 is 5.32 Å². The lowest BCUT2D eigenvalue weighted by Crippen LogP contribution is -2.39. The number of fused-ring (bicyclic) bond motifs is 1. The van der Waals surface area contributed by atoms with Crippen molar-refractivity contribution in [3.63, 3.8) is 0 Å². The van der Waals surface area contributed by atoms with Crippen LogP contribution in [0.2, 0.25) is 0 Å². The molecule has 116 valence electrons. The standard InChI is InChI=1S/C15H18N4O3/c1-22-15(21)10-4-6-11(7-5-10)18-14(20)12-9-16-13-3-2-8-17-19(12)13/h2-3,8-11H,4-7H2,1H3,(H,18,20). The van der Waals surface area contributed by atoms with Crippen LogP contribution >= 0.6 is 0 Å². The smallest absolute Gasteiger partial charge is 0.308 e. The molecule has 22 heavy (non-hydrogen) atoms. The average molecular weight is 302 g/mol. The van der Waals surface area contributed by atoms with Gasteiger partial charge in [-0.05, 0) is 37.8 Å². The van der Waals surface area contributed by atoms with E-state index in [1.165, 1.54) is 17.8 Å². The molecule has 0 aliphatic heterocycles. The highest BCUT2D eigenvalue weighted by Gasteiger charge is 2.28. The number of hydrogen-bond acceptors (Lipinski definition) is 5. The van der Waals surface area contributed by atoms with Gasteiger partial charge < -0.3 is 10.1 Å². The van der Waals surface area contributed by atoms with Gasteiger partial charge in [-0.25, -0.2) is 9.50 Å². The number of carbonyl (C=O) groups excluding carboxylic acids is 2. The van der Waals surface area contributed by atoms with Gasteiger partial charge in [0.05, 0.1) is 19.2 Å². The predicted molar refractivity (Wildman–Crippen MR) is 78.2 cm³/mol. The zero-order valence-corrected chi connectivity index (χ0v) is 12.4. The summed E-state index contributed by atoms with van der Waals surface area (Å²) in [6.07, 6.45) is 6.17. The summed E-state index contributed by atoms with van der Waals surface area (Å²) in [6, 6.07) is 3.64. The number of hydrogen-bond donors (Lipinski definition) is 1. The van der Waals surface area contributed by atoms with Gasteiger partial charge in [-0.2, -0.15) is 5.10 Å². The fourth-order valence-corrected chi connectivity index (χ4v) is 2.88. The Morgan fingerprint density at radius 2 is 2.09 bits per heavy atom. The van der Waals surface area contributed by atoms with Crippen LogP contribution in [0.1, 0.15) is 36.2 Å². The second-order valence-corrected chi connectivity index (χ2v) is 5.48. The van der Waals surface area contributed by atoms with E-state index >= 15 is 0 Å². The first-order valence-electron chi connectivity index (χ1n) is 7.36. The molecule has 1 fully saturated rings. The van der Waals surface area contributed by atoms with Crippen molar-refractivity contribution in [3.8, 4) is 0 Å². The molecule has 0 unspecified atom stereocenters. The molecule has 2 aromatic heterocycles. The van der Waals surface area contributed by atoms with Crippen molar-refractivity contribution in [1.82, 2.24) is 19.9 Å². The topological polar surface area (TPSA) is 85.6 Å². The Morgan fingerprint density at radius 1 is 1.32 bits per heavy atom. The monoisotopic (exact) mass is 302 g/mol. The molecule has 1 amide bonds. The Labute approximate surface area is 127 Å². The molecule has 0 aromatic carbocycles. The zero-order chi connectivity index (χ0) is 15.5. The summed E-state index contributed by atoms with van der Waals surface area (Å²) in [6.45, 7) is 0. The minimum Gasteiger partial charge on any atom is -0.469 e. The first-order valence-corrected chi connectivity index (χ1v) is 7.36. The Kier molecular flexibility index (Phi) is 4.04. The average Bonchev–Trinajstić information content (AvgIpc) is 2.99. The second-order valence-electron chi connectivity index (χ2n) is 5.48. The first-order chi connectivity index (χ1) is 10.7. The summed E-state index contributed by atoms with van der Waals surface area (Å²) in [5.74, 6) is -0.390. The molecule has 1 aliphatic carbocycles. The Bertz CT molecular complexity index is 689. The fraction of sp³-hybridized carbons (Fsp3) is 0.467. The first kappa shape index (κ1) is 14.5. The summed E-state index contributed by atoms with van der Waals surface area (Å²) in [7, 11) is 1.41. The summed E-state index contributed by atoms with van der Waals surface area (Å²) >= 11 is 0. The zero-order valence-electron chi connectivity index (χ0n) is 12.4. The number of esters is 1. The highest BCUT2D eigenvalue weighted by Crippen LogP contribution is 2.25. The third kappa shape index (κ3) is 2.79. The third-order valence-electron chi connectivity index (χ3n) is 4.11. The number of imidazole rings is 1. The molecule has 7 heteroatoms. The number of aromatic nitrogens is 3. The molecule has 3 rings (SSSR count). The van der Waals surface area contributed by atoms with Crippen LogP contribution in [0, 0.1) is 5.92 Å². The quantitative estimate of drug-likeness (QED) is 0.861. The van der Waals surface area contributed by atoms with Crippen molar-refractivity contribution >= 4 is 17.5 Å². The molecule has 0 spiro atoms. The lowest BCUT2D eigenvalue weighted by molar-refractivity contribution is -0.146. The highest BCUT2D eigenvalue weighted by atomic mass is 16.5. The molecule has 7 nitrogen and oxygen atoms in total. The van der Waals surface area contributed by atoms with Gasteiger partial charge in [0.2, 0.25) is 0 Å². The lowest BCUT2D eigenvalue weighted by atomic mass is 9.86. The van der Waals surface area contributed by atoms with E-state index in [1.807, 2.05) is 0 Å². The van der Waals surface area contributed by atoms with Crippen molar-refractivity contribution in [2.75, 3.05) is 7.11 Å². The van der Waals surface area contributed by atoms with E-state index in [1.54, 1.807) is 18.3 Å². The van der Waals surface area contributed by atoms with E-state index in [2.05, 4.69) is 15.4 Å². The van der Waals surface area contributed by atoms with Gasteiger partial charge in [0, 0.05) is 12.2 Å². The van der Waals surface area contributed by atoms with Gasteiger partial charge in [0.1, 0.15) is 5.69 Å². The van der Waals surface area contributed by atoms with Gasteiger partial charge in [-0.3, -0.25) is 9.59 Å². The molecule has 1 saturated carbocycles. The van der Waals surface area contributed by atoms with E-state index in [9.17, 15) is 9.59 Å². The largest absolute Gasteiger partial charge is 0.469 e. The van der Waals surface area contributed by atoms with E-state index in [0.717, 1.165) is 25.7 Å². The molecule has 0 bridgehead atoms. The summed E-state index contributed by atoms with van der Waals surface area (Å²) < 4.78 is 6.29. The minimum atomic E-state index is -0.187. The summed E-state index contributed by atoms with van der Waals surface area (Å²) in [5, 5.41) is 7.13. The highest BCUT2D eigenvalue weighted by molar-refractivity contribution is 5.93.